The minimum atomic E-state index is -0.138. The Hall–Kier alpha value is -0.350. The quantitative estimate of drug-likeness (QED) is 0.875. The number of hydrogen-bond donors (Lipinski definition) is 1. The Balaban J connectivity index is 0.00000176. The van der Waals surface area contributed by atoms with Gasteiger partial charge in [-0.3, -0.25) is 4.90 Å². The third kappa shape index (κ3) is 3.59. The van der Waals surface area contributed by atoms with E-state index in [1.165, 1.54) is 25.7 Å². The fourth-order valence-corrected chi connectivity index (χ4v) is 4.16. The Morgan fingerprint density at radius 2 is 1.86 bits per heavy atom. The van der Waals surface area contributed by atoms with Gasteiger partial charge in [-0.25, -0.2) is 4.39 Å². The molecule has 2 nitrogen and oxygen atoms in total. The second-order valence-corrected chi connectivity index (χ2v) is 6.75. The number of aryl methyl sites for hydroxylation is 1. The minimum absolute atomic E-state index is 0. The average Bonchev–Trinajstić information content (AvgIpc) is 3.02. The van der Waals surface area contributed by atoms with Crippen molar-refractivity contribution < 1.29 is 4.39 Å². The van der Waals surface area contributed by atoms with Gasteiger partial charge in [0.05, 0.1) is 5.02 Å². The largest absolute Gasteiger partial charge is 0.314 e. The summed E-state index contributed by atoms with van der Waals surface area (Å²) in [5.74, 6) is 0.401. The van der Waals surface area contributed by atoms with E-state index in [4.69, 9.17) is 11.6 Å². The molecule has 0 amide bonds. The van der Waals surface area contributed by atoms with Gasteiger partial charge in [0.15, 0.2) is 0 Å². The fraction of sp³-hybridized carbons (Fsp3) is 0.647. The summed E-state index contributed by atoms with van der Waals surface area (Å²) in [6, 6.07) is 3.51. The predicted molar refractivity (Wildman–Crippen MR) is 92.5 cm³/mol. The Morgan fingerprint density at radius 3 is 2.50 bits per heavy atom. The number of nitrogens with one attached hydrogen (secondary N) is 1. The molecule has 0 unspecified atom stereocenters. The van der Waals surface area contributed by atoms with E-state index in [-0.39, 0.29) is 24.3 Å². The molecule has 5 heteroatoms. The zero-order chi connectivity index (χ0) is 14.8. The number of rotatable bonds is 3. The molecular formula is C17H25Cl2FN2. The van der Waals surface area contributed by atoms with Crippen LogP contribution in [0.3, 0.4) is 0 Å². The van der Waals surface area contributed by atoms with Crippen LogP contribution < -0.4 is 5.32 Å². The minimum Gasteiger partial charge on any atom is -0.314 e. The average molecular weight is 347 g/mol. The zero-order valence-electron chi connectivity index (χ0n) is 13.1. The maximum Gasteiger partial charge on any atom is 0.129 e. The van der Waals surface area contributed by atoms with Gasteiger partial charge in [-0.05, 0) is 37.3 Å². The van der Waals surface area contributed by atoms with E-state index in [1.54, 1.807) is 12.1 Å². The van der Waals surface area contributed by atoms with Gasteiger partial charge in [-0.2, -0.15) is 0 Å². The topological polar surface area (TPSA) is 15.3 Å². The monoisotopic (exact) mass is 346 g/mol. The SMILES string of the molecule is Cc1ccc(F)c([C@@H](C2CCCC2)N2CCNCC2)c1Cl.Cl. The van der Waals surface area contributed by atoms with Gasteiger partial charge >= 0.3 is 0 Å². The highest BCUT2D eigenvalue weighted by Crippen LogP contribution is 2.43. The first kappa shape index (κ1) is 18.0. The molecule has 1 heterocycles. The van der Waals surface area contributed by atoms with Gasteiger partial charge in [0.2, 0.25) is 0 Å². The molecule has 3 rings (SSSR count). The standard InChI is InChI=1S/C17H24ClFN2.ClH/c1-12-6-7-14(19)15(16(12)18)17(13-4-2-3-5-13)21-10-8-20-9-11-21;/h6-7,13,17,20H,2-5,8-11H2,1H3;1H/t17-;/m1./s1. The number of piperazine rings is 1. The fourth-order valence-electron chi connectivity index (χ4n) is 3.90. The maximum atomic E-state index is 14.6. The Kier molecular flexibility index (Phi) is 6.51. The van der Waals surface area contributed by atoms with Crippen molar-refractivity contribution in [3.63, 3.8) is 0 Å². The molecule has 1 saturated carbocycles. The van der Waals surface area contributed by atoms with Gasteiger partial charge in [0, 0.05) is 37.8 Å². The van der Waals surface area contributed by atoms with Crippen LogP contribution in [0.25, 0.3) is 0 Å². The Labute approximate surface area is 143 Å². The van der Waals surface area contributed by atoms with Crippen molar-refractivity contribution in [3.8, 4) is 0 Å². The normalized spacial score (nSPS) is 21.6. The lowest BCUT2D eigenvalue weighted by Gasteiger charge is -2.39. The van der Waals surface area contributed by atoms with Gasteiger partial charge in [-0.1, -0.05) is 30.5 Å². The highest BCUT2D eigenvalue weighted by Gasteiger charge is 2.35. The molecule has 22 heavy (non-hydrogen) atoms. The molecule has 1 aliphatic heterocycles. The van der Waals surface area contributed by atoms with Crippen molar-refractivity contribution in [3.05, 3.63) is 34.1 Å². The molecule has 1 atom stereocenters. The maximum absolute atomic E-state index is 14.6. The van der Waals surface area contributed by atoms with E-state index in [0.717, 1.165) is 37.3 Å². The number of benzene rings is 1. The molecule has 1 aliphatic carbocycles. The Bertz CT molecular complexity index is 498. The van der Waals surface area contributed by atoms with Crippen molar-refractivity contribution in [2.24, 2.45) is 5.92 Å². The third-order valence-corrected chi connectivity index (χ3v) is 5.51. The summed E-state index contributed by atoms with van der Waals surface area (Å²) in [6.07, 6.45) is 4.91. The number of hydrogen-bond acceptors (Lipinski definition) is 2. The van der Waals surface area contributed by atoms with Gasteiger partial charge in [0.25, 0.3) is 0 Å². The van der Waals surface area contributed by atoms with Crippen LogP contribution in [-0.2, 0) is 0 Å². The van der Waals surface area contributed by atoms with Crippen LogP contribution in [0.1, 0.15) is 42.9 Å². The second-order valence-electron chi connectivity index (χ2n) is 6.37. The lowest BCUT2D eigenvalue weighted by Crippen LogP contribution is -2.47. The summed E-state index contributed by atoms with van der Waals surface area (Å²) in [5, 5.41) is 4.01. The molecule has 0 spiro atoms. The van der Waals surface area contributed by atoms with Crippen molar-refractivity contribution in [2.75, 3.05) is 26.2 Å². The van der Waals surface area contributed by atoms with Crippen LogP contribution in [-0.4, -0.2) is 31.1 Å². The predicted octanol–water partition coefficient (Wildman–Crippen LogP) is 4.35. The molecule has 0 radical (unpaired) electrons. The summed E-state index contributed by atoms with van der Waals surface area (Å²) < 4.78 is 14.6. The first-order chi connectivity index (χ1) is 10.2. The van der Waals surface area contributed by atoms with Crippen LogP contribution in [0.4, 0.5) is 4.39 Å². The summed E-state index contributed by atoms with van der Waals surface area (Å²) in [6.45, 7) is 5.88. The molecule has 1 N–H and O–H groups in total. The van der Waals surface area contributed by atoms with Crippen LogP contribution in [0, 0.1) is 18.7 Å². The van der Waals surface area contributed by atoms with Gasteiger partial charge < -0.3 is 5.32 Å². The van der Waals surface area contributed by atoms with Crippen LogP contribution in [0.15, 0.2) is 12.1 Å². The van der Waals surface area contributed by atoms with E-state index in [1.807, 2.05) is 6.92 Å². The molecule has 124 valence electrons. The van der Waals surface area contributed by atoms with Crippen molar-refractivity contribution >= 4 is 24.0 Å². The Morgan fingerprint density at radius 1 is 1.23 bits per heavy atom. The van der Waals surface area contributed by atoms with Crippen molar-refractivity contribution in [1.29, 1.82) is 0 Å². The summed E-state index contributed by atoms with van der Waals surface area (Å²) in [4.78, 5) is 2.44. The highest BCUT2D eigenvalue weighted by atomic mass is 35.5. The smallest absolute Gasteiger partial charge is 0.129 e. The van der Waals surface area contributed by atoms with Gasteiger partial charge in [-0.15, -0.1) is 12.4 Å². The molecule has 0 bridgehead atoms. The molecule has 1 saturated heterocycles. The van der Waals surface area contributed by atoms with Gasteiger partial charge in [0.1, 0.15) is 5.82 Å². The first-order valence-electron chi connectivity index (χ1n) is 8.07. The second kappa shape index (κ2) is 7.96. The van der Waals surface area contributed by atoms with E-state index >= 15 is 0 Å². The zero-order valence-corrected chi connectivity index (χ0v) is 14.7. The van der Waals surface area contributed by atoms with E-state index < -0.39 is 0 Å². The highest BCUT2D eigenvalue weighted by molar-refractivity contribution is 6.32. The van der Waals surface area contributed by atoms with E-state index in [9.17, 15) is 4.39 Å². The lowest BCUT2D eigenvalue weighted by molar-refractivity contribution is 0.122. The number of halogens is 3. The van der Waals surface area contributed by atoms with Crippen LogP contribution in [0.5, 0.6) is 0 Å². The van der Waals surface area contributed by atoms with Crippen LogP contribution >= 0.6 is 24.0 Å². The lowest BCUT2D eigenvalue weighted by atomic mass is 9.88. The molecule has 2 fully saturated rings. The van der Waals surface area contributed by atoms with Crippen molar-refractivity contribution in [1.82, 2.24) is 10.2 Å². The molecule has 0 aromatic heterocycles. The number of nitrogens with zero attached hydrogens (tertiary/aromatic N) is 1. The molecule has 1 aromatic carbocycles. The summed E-state index contributed by atoms with van der Waals surface area (Å²) in [5.41, 5.74) is 1.72. The summed E-state index contributed by atoms with van der Waals surface area (Å²) >= 11 is 6.51. The van der Waals surface area contributed by atoms with Crippen LogP contribution in [0.2, 0.25) is 5.02 Å². The summed E-state index contributed by atoms with van der Waals surface area (Å²) in [7, 11) is 0. The molecule has 1 aromatic rings. The van der Waals surface area contributed by atoms with Crippen molar-refractivity contribution in [2.45, 2.75) is 38.6 Å². The first-order valence-corrected chi connectivity index (χ1v) is 8.45. The molecule has 2 aliphatic rings. The molecular weight excluding hydrogens is 322 g/mol. The van der Waals surface area contributed by atoms with E-state index in [0.29, 0.717) is 10.9 Å². The third-order valence-electron chi connectivity index (χ3n) is 5.01. The van der Waals surface area contributed by atoms with E-state index in [2.05, 4.69) is 10.2 Å².